The van der Waals surface area contributed by atoms with Crippen molar-refractivity contribution < 1.29 is 4.79 Å². The third-order valence-electron chi connectivity index (χ3n) is 5.07. The summed E-state index contributed by atoms with van der Waals surface area (Å²) in [7, 11) is 0. The monoisotopic (exact) mass is 344 g/mol. The van der Waals surface area contributed by atoms with Crippen LogP contribution in [0, 0.1) is 0 Å². The summed E-state index contributed by atoms with van der Waals surface area (Å²) in [6.07, 6.45) is 4.94. The summed E-state index contributed by atoms with van der Waals surface area (Å²) in [5, 5.41) is 4.03. The molecule has 1 unspecified atom stereocenters. The number of nitrogens with one attached hydrogen (secondary N) is 1. The van der Waals surface area contributed by atoms with Gasteiger partial charge in [0.25, 0.3) is 0 Å². The fourth-order valence-electron chi connectivity index (χ4n) is 3.80. The Hall–Kier alpha value is -1.66. The zero-order valence-corrected chi connectivity index (χ0v) is 14.7. The molecular weight excluding hydrogens is 320 g/mol. The quantitative estimate of drug-likeness (QED) is 0.931. The molecule has 2 amide bonds. The Bertz CT molecular complexity index is 677. The molecule has 2 saturated heterocycles. The van der Waals surface area contributed by atoms with Gasteiger partial charge in [-0.3, -0.25) is 4.90 Å². The number of piperidine rings is 1. The lowest BCUT2D eigenvalue weighted by Crippen LogP contribution is -2.51. The van der Waals surface area contributed by atoms with Crippen LogP contribution >= 0.6 is 11.3 Å². The van der Waals surface area contributed by atoms with Crippen LogP contribution in [0.2, 0.25) is 0 Å². The molecule has 2 fully saturated rings. The molecule has 5 nitrogen and oxygen atoms in total. The lowest BCUT2D eigenvalue weighted by Gasteiger charge is -2.37. The van der Waals surface area contributed by atoms with Crippen LogP contribution in [0.4, 0.5) is 4.79 Å². The Labute approximate surface area is 146 Å². The average Bonchev–Trinajstić information content (AvgIpc) is 3.29. The van der Waals surface area contributed by atoms with Gasteiger partial charge in [-0.15, -0.1) is 11.3 Å². The van der Waals surface area contributed by atoms with E-state index in [4.69, 9.17) is 0 Å². The number of carbonyl (C=O) groups excluding carboxylic acids is 1. The number of hydrogen-bond donors (Lipinski definition) is 1. The first-order valence-electron chi connectivity index (χ1n) is 8.91. The number of thiazole rings is 1. The maximum atomic E-state index is 12.5. The van der Waals surface area contributed by atoms with Gasteiger partial charge in [0, 0.05) is 19.1 Å². The van der Waals surface area contributed by atoms with Gasteiger partial charge >= 0.3 is 6.03 Å². The topological polar surface area (TPSA) is 48.5 Å². The Kier molecular flexibility index (Phi) is 4.67. The van der Waals surface area contributed by atoms with Crippen molar-refractivity contribution in [2.24, 2.45) is 0 Å². The van der Waals surface area contributed by atoms with E-state index in [9.17, 15) is 4.79 Å². The van der Waals surface area contributed by atoms with Gasteiger partial charge in [0.05, 0.1) is 16.8 Å². The fourth-order valence-corrected chi connectivity index (χ4v) is 4.71. The number of fused-ring (bicyclic) bond motifs is 1. The molecule has 0 aliphatic carbocycles. The van der Waals surface area contributed by atoms with E-state index in [1.54, 1.807) is 11.3 Å². The summed E-state index contributed by atoms with van der Waals surface area (Å²) in [5.41, 5.74) is 1.01. The van der Waals surface area contributed by atoms with E-state index in [-0.39, 0.29) is 6.03 Å². The molecule has 24 heavy (non-hydrogen) atoms. The van der Waals surface area contributed by atoms with E-state index in [1.165, 1.54) is 37.1 Å². The largest absolute Gasteiger partial charge is 0.331 e. The van der Waals surface area contributed by atoms with E-state index in [0.29, 0.717) is 12.6 Å². The lowest BCUT2D eigenvalue weighted by atomic mass is 10.0. The van der Waals surface area contributed by atoms with Crippen LogP contribution in [0.15, 0.2) is 24.3 Å². The summed E-state index contributed by atoms with van der Waals surface area (Å²) in [4.78, 5) is 21.7. The summed E-state index contributed by atoms with van der Waals surface area (Å²) < 4.78 is 1.17. The number of aromatic nitrogens is 1. The number of carbonyl (C=O) groups is 1. The Morgan fingerprint density at radius 2 is 2.04 bits per heavy atom. The van der Waals surface area contributed by atoms with Crippen molar-refractivity contribution in [3.8, 4) is 0 Å². The highest BCUT2D eigenvalue weighted by Gasteiger charge is 2.29. The lowest BCUT2D eigenvalue weighted by molar-refractivity contribution is 0.125. The second-order valence-corrected chi connectivity index (χ2v) is 7.83. The van der Waals surface area contributed by atoms with Crippen molar-refractivity contribution in [2.75, 3.05) is 26.2 Å². The van der Waals surface area contributed by atoms with Gasteiger partial charge in [0.2, 0.25) is 0 Å². The molecule has 128 valence electrons. The zero-order valence-electron chi connectivity index (χ0n) is 13.9. The third-order valence-corrected chi connectivity index (χ3v) is 6.11. The summed E-state index contributed by atoms with van der Waals surface area (Å²) in [6.45, 7) is 4.66. The maximum absolute atomic E-state index is 12.5. The van der Waals surface area contributed by atoms with Crippen molar-refractivity contribution in [1.29, 1.82) is 0 Å². The number of rotatable bonds is 3. The molecule has 2 aliphatic heterocycles. The molecular formula is C18H24N4OS. The van der Waals surface area contributed by atoms with Crippen LogP contribution in [0.3, 0.4) is 0 Å². The minimum Gasteiger partial charge on any atom is -0.331 e. The van der Waals surface area contributed by atoms with E-state index < -0.39 is 0 Å². The van der Waals surface area contributed by atoms with Crippen LogP contribution < -0.4 is 5.32 Å². The van der Waals surface area contributed by atoms with Crippen molar-refractivity contribution in [3.63, 3.8) is 0 Å². The maximum Gasteiger partial charge on any atom is 0.317 e. The van der Waals surface area contributed by atoms with Gasteiger partial charge in [-0.05, 0) is 50.9 Å². The van der Waals surface area contributed by atoms with E-state index in [0.717, 1.165) is 30.0 Å². The Balaban J connectivity index is 1.33. The van der Waals surface area contributed by atoms with Crippen LogP contribution in [0.25, 0.3) is 10.2 Å². The minimum atomic E-state index is 0.0538. The predicted octanol–water partition coefficient (Wildman–Crippen LogP) is 3.07. The van der Waals surface area contributed by atoms with Crippen molar-refractivity contribution in [1.82, 2.24) is 20.1 Å². The van der Waals surface area contributed by atoms with Crippen molar-refractivity contribution in [3.05, 3.63) is 29.3 Å². The number of urea groups is 1. The standard InChI is InChI=1S/C18H24N4OS/c23-18(19-12-17-20-15-7-1-2-8-16(15)24-17)22-11-5-6-14(13-22)21-9-3-4-10-21/h1-2,7-8,14H,3-6,9-13H2,(H,19,23). The molecule has 1 aromatic heterocycles. The Morgan fingerprint density at radius 3 is 2.88 bits per heavy atom. The number of likely N-dealkylation sites (tertiary alicyclic amines) is 2. The molecule has 1 aromatic carbocycles. The molecule has 4 rings (SSSR count). The fraction of sp³-hybridized carbons (Fsp3) is 0.556. The molecule has 6 heteroatoms. The van der Waals surface area contributed by atoms with Crippen molar-refractivity contribution >= 4 is 27.6 Å². The first kappa shape index (κ1) is 15.8. The molecule has 0 radical (unpaired) electrons. The van der Waals surface area contributed by atoms with Gasteiger partial charge in [0.1, 0.15) is 5.01 Å². The highest BCUT2D eigenvalue weighted by atomic mass is 32.1. The van der Waals surface area contributed by atoms with E-state index in [2.05, 4.69) is 21.3 Å². The first-order valence-corrected chi connectivity index (χ1v) is 9.72. The SMILES string of the molecule is O=C(NCc1nc2ccccc2s1)N1CCCC(N2CCCC2)C1. The molecule has 0 saturated carbocycles. The van der Waals surface area contributed by atoms with E-state index >= 15 is 0 Å². The third kappa shape index (κ3) is 3.39. The second-order valence-electron chi connectivity index (χ2n) is 6.72. The summed E-state index contributed by atoms with van der Waals surface area (Å²) in [6, 6.07) is 8.71. The number of hydrogen-bond acceptors (Lipinski definition) is 4. The number of benzene rings is 1. The van der Waals surface area contributed by atoms with Gasteiger partial charge in [-0.2, -0.15) is 0 Å². The minimum absolute atomic E-state index is 0.0538. The molecule has 2 aliphatic rings. The number of nitrogens with zero attached hydrogens (tertiary/aromatic N) is 3. The van der Waals surface area contributed by atoms with Gasteiger partial charge < -0.3 is 10.2 Å². The molecule has 2 aromatic rings. The average molecular weight is 344 g/mol. The van der Waals surface area contributed by atoms with Crippen molar-refractivity contribution in [2.45, 2.75) is 38.3 Å². The molecule has 1 atom stereocenters. The second kappa shape index (κ2) is 7.07. The molecule has 0 bridgehead atoms. The van der Waals surface area contributed by atoms with Gasteiger partial charge in [-0.25, -0.2) is 9.78 Å². The van der Waals surface area contributed by atoms with Crippen LogP contribution in [0.1, 0.15) is 30.7 Å². The van der Waals surface area contributed by atoms with Gasteiger partial charge in [0.15, 0.2) is 0 Å². The zero-order chi connectivity index (χ0) is 16.4. The van der Waals surface area contributed by atoms with Crippen LogP contribution in [0.5, 0.6) is 0 Å². The summed E-state index contributed by atoms with van der Waals surface area (Å²) in [5.74, 6) is 0. The van der Waals surface area contributed by atoms with Crippen LogP contribution in [-0.2, 0) is 6.54 Å². The Morgan fingerprint density at radius 1 is 1.21 bits per heavy atom. The highest BCUT2D eigenvalue weighted by molar-refractivity contribution is 7.18. The smallest absolute Gasteiger partial charge is 0.317 e. The normalized spacial score (nSPS) is 22.2. The molecule has 1 N–H and O–H groups in total. The molecule has 0 spiro atoms. The predicted molar refractivity (Wildman–Crippen MR) is 97.3 cm³/mol. The molecule has 3 heterocycles. The summed E-state index contributed by atoms with van der Waals surface area (Å²) >= 11 is 1.65. The number of para-hydroxylation sites is 1. The highest BCUT2D eigenvalue weighted by Crippen LogP contribution is 2.22. The first-order chi connectivity index (χ1) is 11.8. The van der Waals surface area contributed by atoms with Crippen LogP contribution in [-0.4, -0.2) is 53.0 Å². The van der Waals surface area contributed by atoms with Gasteiger partial charge in [-0.1, -0.05) is 12.1 Å². The number of amides is 2. The van der Waals surface area contributed by atoms with E-state index in [1.807, 2.05) is 23.1 Å².